The molecule has 2 heteroatoms. The Morgan fingerprint density at radius 3 is 1.79 bits per heavy atom. The molecule has 0 aromatic heterocycles. The fraction of sp³-hybridized carbons (Fsp3) is 0.704. The highest BCUT2D eigenvalue weighted by Crippen LogP contribution is 2.12. The van der Waals surface area contributed by atoms with Crippen molar-refractivity contribution in [2.75, 3.05) is 6.54 Å². The summed E-state index contributed by atoms with van der Waals surface area (Å²) in [6.07, 6.45) is 24.2. The van der Waals surface area contributed by atoms with Gasteiger partial charge in [0.15, 0.2) is 0 Å². The molecule has 0 bridgehead atoms. The van der Waals surface area contributed by atoms with Crippen molar-refractivity contribution >= 4 is 12.4 Å². The monoisotopic (exact) mass is 421 g/mol. The minimum atomic E-state index is 0. The summed E-state index contributed by atoms with van der Waals surface area (Å²) in [5, 5.41) is 3.55. The molecule has 1 nitrogen and oxygen atoms in total. The van der Waals surface area contributed by atoms with Crippen molar-refractivity contribution in [3.05, 3.63) is 48.0 Å². The van der Waals surface area contributed by atoms with Gasteiger partial charge in [0.05, 0.1) is 0 Å². The molecule has 0 amide bonds. The highest BCUT2D eigenvalue weighted by molar-refractivity contribution is 5.85. The summed E-state index contributed by atoms with van der Waals surface area (Å²) >= 11 is 0. The van der Waals surface area contributed by atoms with Crippen molar-refractivity contribution in [3.63, 3.8) is 0 Å². The Kier molecular flexibility index (Phi) is 21.3. The van der Waals surface area contributed by atoms with Crippen LogP contribution in [0.4, 0.5) is 0 Å². The summed E-state index contributed by atoms with van der Waals surface area (Å²) in [5.74, 6) is 0.880. The van der Waals surface area contributed by atoms with Crippen molar-refractivity contribution < 1.29 is 0 Å². The van der Waals surface area contributed by atoms with Crippen molar-refractivity contribution in [2.24, 2.45) is 5.92 Å². The molecule has 1 rings (SSSR count). The van der Waals surface area contributed by atoms with Crippen LogP contribution in [0.2, 0.25) is 0 Å². The molecule has 0 heterocycles. The first-order valence-electron chi connectivity index (χ1n) is 12.2. The molecule has 29 heavy (non-hydrogen) atoms. The summed E-state index contributed by atoms with van der Waals surface area (Å²) in [7, 11) is 0. The third-order valence-corrected chi connectivity index (χ3v) is 5.47. The van der Waals surface area contributed by atoms with Crippen LogP contribution in [0.25, 0.3) is 0 Å². The normalized spacial score (nSPS) is 11.3. The minimum Gasteiger partial charge on any atom is -0.313 e. The molecule has 0 aliphatic rings. The lowest BCUT2D eigenvalue weighted by molar-refractivity contribution is 0.516. The Hall–Kier alpha value is -0.790. The first kappa shape index (κ1) is 28.2. The highest BCUT2D eigenvalue weighted by Gasteiger charge is 1.95. The third kappa shape index (κ3) is 20.3. The lowest BCUT2D eigenvalue weighted by Crippen LogP contribution is -2.14. The smallest absolute Gasteiger partial charge is 0.0205 e. The van der Waals surface area contributed by atoms with Crippen LogP contribution in [0.15, 0.2) is 42.5 Å². The Labute approximate surface area is 188 Å². The predicted molar refractivity (Wildman–Crippen MR) is 134 cm³/mol. The zero-order valence-corrected chi connectivity index (χ0v) is 20.2. The second kappa shape index (κ2) is 21.9. The topological polar surface area (TPSA) is 12.0 Å². The number of allylic oxidation sites excluding steroid dienone is 2. The van der Waals surface area contributed by atoms with Crippen molar-refractivity contribution in [1.29, 1.82) is 0 Å². The molecule has 0 aliphatic heterocycles. The average Bonchev–Trinajstić information content (AvgIpc) is 2.70. The molecule has 0 aliphatic carbocycles. The van der Waals surface area contributed by atoms with E-state index in [1.165, 1.54) is 95.5 Å². The second-order valence-electron chi connectivity index (χ2n) is 8.78. The fourth-order valence-electron chi connectivity index (χ4n) is 3.63. The predicted octanol–water partition coefficient (Wildman–Crippen LogP) is 8.87. The van der Waals surface area contributed by atoms with Crippen LogP contribution in [-0.2, 0) is 6.54 Å². The van der Waals surface area contributed by atoms with E-state index in [9.17, 15) is 0 Å². The molecular weight excluding hydrogens is 374 g/mol. The van der Waals surface area contributed by atoms with Gasteiger partial charge in [-0.3, -0.25) is 0 Å². The number of unbranched alkanes of at least 4 members (excludes halogenated alkanes) is 11. The highest BCUT2D eigenvalue weighted by atomic mass is 35.5. The Morgan fingerprint density at radius 1 is 0.690 bits per heavy atom. The Bertz CT molecular complexity index is 455. The van der Waals surface area contributed by atoms with E-state index in [0.29, 0.717) is 0 Å². The molecule has 0 radical (unpaired) electrons. The van der Waals surface area contributed by atoms with Crippen LogP contribution in [0, 0.1) is 5.92 Å². The molecule has 0 atom stereocenters. The standard InChI is InChI=1S/C27H47N.ClH/c1-26(2)21-17-14-12-10-8-6-4-3-5-7-9-11-13-15-20-24-28-25-27-22-18-16-19-23-27;/h3-4,16,18-19,22-23,26,28H,5-15,17,20-21,24-25H2,1-2H3;1H. The zero-order valence-electron chi connectivity index (χ0n) is 19.3. The van der Waals surface area contributed by atoms with E-state index in [1.54, 1.807) is 0 Å². The first-order chi connectivity index (χ1) is 13.8. The van der Waals surface area contributed by atoms with E-state index >= 15 is 0 Å². The lowest BCUT2D eigenvalue weighted by atomic mass is 10.0. The summed E-state index contributed by atoms with van der Waals surface area (Å²) in [5.41, 5.74) is 1.39. The molecule has 1 aromatic carbocycles. The number of benzene rings is 1. The quantitative estimate of drug-likeness (QED) is 0.173. The van der Waals surface area contributed by atoms with E-state index in [-0.39, 0.29) is 12.4 Å². The summed E-state index contributed by atoms with van der Waals surface area (Å²) in [4.78, 5) is 0. The number of rotatable bonds is 19. The molecule has 168 valence electrons. The van der Waals surface area contributed by atoms with Gasteiger partial charge in [0, 0.05) is 6.54 Å². The Balaban J connectivity index is 0.00000784. The molecule has 0 saturated heterocycles. The molecule has 0 spiro atoms. The number of hydrogen-bond acceptors (Lipinski definition) is 1. The first-order valence-corrected chi connectivity index (χ1v) is 12.2. The summed E-state index contributed by atoms with van der Waals surface area (Å²) < 4.78 is 0. The molecule has 1 N–H and O–H groups in total. The van der Waals surface area contributed by atoms with E-state index in [2.05, 4.69) is 61.6 Å². The van der Waals surface area contributed by atoms with Gasteiger partial charge in [-0.15, -0.1) is 12.4 Å². The van der Waals surface area contributed by atoms with Crippen LogP contribution in [0.3, 0.4) is 0 Å². The van der Waals surface area contributed by atoms with E-state index in [4.69, 9.17) is 0 Å². The van der Waals surface area contributed by atoms with Gasteiger partial charge in [0.2, 0.25) is 0 Å². The number of nitrogens with one attached hydrogen (secondary N) is 1. The van der Waals surface area contributed by atoms with Gasteiger partial charge in [-0.05, 0) is 50.1 Å². The summed E-state index contributed by atoms with van der Waals surface area (Å²) in [6.45, 7) is 6.81. The summed E-state index contributed by atoms with van der Waals surface area (Å²) in [6, 6.07) is 10.7. The maximum atomic E-state index is 3.55. The lowest BCUT2D eigenvalue weighted by Gasteiger charge is -2.05. The fourth-order valence-corrected chi connectivity index (χ4v) is 3.63. The van der Waals surface area contributed by atoms with Gasteiger partial charge >= 0.3 is 0 Å². The van der Waals surface area contributed by atoms with Crippen LogP contribution in [0.1, 0.15) is 109 Å². The van der Waals surface area contributed by atoms with Gasteiger partial charge in [-0.2, -0.15) is 0 Å². The van der Waals surface area contributed by atoms with Gasteiger partial charge in [-0.1, -0.05) is 114 Å². The van der Waals surface area contributed by atoms with Crippen molar-refractivity contribution in [3.8, 4) is 0 Å². The molecule has 0 fully saturated rings. The van der Waals surface area contributed by atoms with Crippen LogP contribution < -0.4 is 5.32 Å². The number of hydrogen-bond donors (Lipinski definition) is 1. The maximum absolute atomic E-state index is 3.55. The van der Waals surface area contributed by atoms with Gasteiger partial charge in [0.25, 0.3) is 0 Å². The maximum Gasteiger partial charge on any atom is 0.0205 e. The molecule has 0 unspecified atom stereocenters. The third-order valence-electron chi connectivity index (χ3n) is 5.47. The number of halogens is 1. The van der Waals surface area contributed by atoms with Crippen molar-refractivity contribution in [1.82, 2.24) is 5.32 Å². The van der Waals surface area contributed by atoms with E-state index in [0.717, 1.165) is 19.0 Å². The van der Waals surface area contributed by atoms with Crippen molar-refractivity contribution in [2.45, 2.75) is 110 Å². The van der Waals surface area contributed by atoms with E-state index in [1.807, 2.05) is 0 Å². The second-order valence-corrected chi connectivity index (χ2v) is 8.78. The van der Waals surface area contributed by atoms with Crippen LogP contribution >= 0.6 is 12.4 Å². The van der Waals surface area contributed by atoms with E-state index < -0.39 is 0 Å². The molecule has 1 aromatic rings. The largest absolute Gasteiger partial charge is 0.313 e. The van der Waals surface area contributed by atoms with Crippen LogP contribution in [0.5, 0.6) is 0 Å². The minimum absolute atomic E-state index is 0. The zero-order chi connectivity index (χ0) is 20.1. The SMILES string of the molecule is CC(C)CCCCCCCC=CCCCCCCCCNCc1ccccc1.Cl. The van der Waals surface area contributed by atoms with Gasteiger partial charge < -0.3 is 5.32 Å². The molecule has 0 saturated carbocycles. The molecular formula is C27H48ClN. The Morgan fingerprint density at radius 2 is 1.21 bits per heavy atom. The van der Waals surface area contributed by atoms with Gasteiger partial charge in [-0.25, -0.2) is 0 Å². The average molecular weight is 422 g/mol. The van der Waals surface area contributed by atoms with Crippen LogP contribution in [-0.4, -0.2) is 6.54 Å². The van der Waals surface area contributed by atoms with Gasteiger partial charge in [0.1, 0.15) is 0 Å².